The van der Waals surface area contributed by atoms with E-state index in [0.717, 1.165) is 18.2 Å². The van der Waals surface area contributed by atoms with Gasteiger partial charge < -0.3 is 10.5 Å². The first-order valence-corrected chi connectivity index (χ1v) is 8.31. The van der Waals surface area contributed by atoms with Crippen LogP contribution in [0, 0.1) is 27.2 Å². The van der Waals surface area contributed by atoms with E-state index in [4.69, 9.17) is 10.5 Å². The topological polar surface area (TPSA) is 195 Å². The van der Waals surface area contributed by atoms with Gasteiger partial charge in [-0.1, -0.05) is 5.21 Å². The summed E-state index contributed by atoms with van der Waals surface area (Å²) in [6.07, 6.45) is 3.07. The summed E-state index contributed by atoms with van der Waals surface area (Å²) in [6, 6.07) is 2.54. The predicted octanol–water partition coefficient (Wildman–Crippen LogP) is 1.18. The second kappa shape index (κ2) is 8.26. The van der Waals surface area contributed by atoms with Crippen molar-refractivity contribution < 1.29 is 19.4 Å². The van der Waals surface area contributed by atoms with E-state index in [1.165, 1.54) is 10.9 Å². The number of esters is 1. The van der Waals surface area contributed by atoms with Crippen LogP contribution < -0.4 is 5.73 Å². The van der Waals surface area contributed by atoms with Gasteiger partial charge in [-0.2, -0.15) is 0 Å². The number of hydrogen-bond donors (Lipinski definition) is 1. The van der Waals surface area contributed by atoms with Crippen molar-refractivity contribution in [2.75, 3.05) is 5.73 Å². The first-order valence-electron chi connectivity index (χ1n) is 8.31. The van der Waals surface area contributed by atoms with Gasteiger partial charge in [-0.25, -0.2) is 19.4 Å². The Bertz CT molecular complexity index is 1110. The number of rotatable bonds is 7. The van der Waals surface area contributed by atoms with E-state index in [0.29, 0.717) is 17.2 Å². The molecule has 0 radical (unpaired) electrons. The minimum Gasteiger partial charge on any atom is -0.455 e. The van der Waals surface area contributed by atoms with E-state index in [1.54, 1.807) is 13.1 Å². The fraction of sp³-hybridized carbons (Fsp3) is 0.188. The minimum absolute atomic E-state index is 0.240. The number of benzene rings is 1. The van der Waals surface area contributed by atoms with Crippen LogP contribution in [-0.2, 0) is 17.9 Å². The number of nitrogens with zero attached hydrogens (tertiary/aromatic N) is 7. The maximum absolute atomic E-state index is 12.2. The zero-order valence-corrected chi connectivity index (χ0v) is 15.5. The molecule has 3 rings (SSSR count). The van der Waals surface area contributed by atoms with Crippen molar-refractivity contribution in [2.24, 2.45) is 0 Å². The SMILES string of the molecule is Cc1ncc(Cn2cc(COC(=O)c3cc([N+](=O)[O-])cc([N+](=O)[O-])c3)nn2)c(N)n1. The monoisotopic (exact) mass is 414 g/mol. The lowest BCUT2D eigenvalue weighted by atomic mass is 10.2. The van der Waals surface area contributed by atoms with Gasteiger partial charge >= 0.3 is 5.97 Å². The first kappa shape index (κ1) is 20.2. The van der Waals surface area contributed by atoms with Crippen LogP contribution in [0.1, 0.15) is 27.4 Å². The summed E-state index contributed by atoms with van der Waals surface area (Å²) in [4.78, 5) is 40.5. The summed E-state index contributed by atoms with van der Waals surface area (Å²) in [5, 5.41) is 29.6. The zero-order valence-electron chi connectivity index (χ0n) is 15.5. The molecule has 2 aromatic heterocycles. The van der Waals surface area contributed by atoms with Gasteiger partial charge in [-0.3, -0.25) is 20.2 Å². The summed E-state index contributed by atoms with van der Waals surface area (Å²) < 4.78 is 6.47. The van der Waals surface area contributed by atoms with Gasteiger partial charge in [0.2, 0.25) is 0 Å². The van der Waals surface area contributed by atoms with Gasteiger partial charge in [0, 0.05) is 23.9 Å². The standard InChI is InChI=1S/C16H14N8O6/c1-9-18-5-11(15(17)19-9)6-22-7-12(20-21-22)8-30-16(25)10-2-13(23(26)27)4-14(3-10)24(28)29/h2-5,7H,6,8H2,1H3,(H2,17,18,19). The second-order valence-electron chi connectivity index (χ2n) is 6.06. The van der Waals surface area contributed by atoms with Crippen molar-refractivity contribution in [3.63, 3.8) is 0 Å². The average Bonchev–Trinajstić information content (AvgIpc) is 3.15. The van der Waals surface area contributed by atoms with Gasteiger partial charge in [0.05, 0.1) is 34.2 Å². The molecule has 2 N–H and O–H groups in total. The number of carbonyl (C=O) groups is 1. The molecule has 0 saturated carbocycles. The number of nitro benzene ring substituents is 2. The highest BCUT2D eigenvalue weighted by Gasteiger charge is 2.21. The Morgan fingerprint density at radius 2 is 1.87 bits per heavy atom. The van der Waals surface area contributed by atoms with E-state index in [2.05, 4.69) is 20.3 Å². The predicted molar refractivity (Wildman–Crippen MR) is 99.2 cm³/mol. The molecule has 2 heterocycles. The number of nitro groups is 2. The number of nitrogen functional groups attached to an aromatic ring is 1. The fourth-order valence-corrected chi connectivity index (χ4v) is 2.44. The number of ether oxygens (including phenoxy) is 1. The van der Waals surface area contributed by atoms with Crippen LogP contribution >= 0.6 is 0 Å². The van der Waals surface area contributed by atoms with Crippen molar-refractivity contribution in [3.05, 3.63) is 73.5 Å². The highest BCUT2D eigenvalue weighted by atomic mass is 16.6. The Hall–Kier alpha value is -4.49. The molecule has 0 atom stereocenters. The van der Waals surface area contributed by atoms with Gasteiger partial charge in [0.25, 0.3) is 11.4 Å². The van der Waals surface area contributed by atoms with Crippen LogP contribution in [0.15, 0.2) is 30.6 Å². The molecule has 14 nitrogen and oxygen atoms in total. The number of non-ortho nitro benzene ring substituents is 2. The number of hydrogen-bond acceptors (Lipinski definition) is 11. The fourth-order valence-electron chi connectivity index (χ4n) is 2.44. The number of carbonyl (C=O) groups excluding carboxylic acids is 1. The van der Waals surface area contributed by atoms with Crippen LogP contribution in [0.2, 0.25) is 0 Å². The van der Waals surface area contributed by atoms with Crippen molar-refractivity contribution in [1.29, 1.82) is 0 Å². The van der Waals surface area contributed by atoms with Gasteiger partial charge in [0.15, 0.2) is 0 Å². The van der Waals surface area contributed by atoms with Crippen molar-refractivity contribution >= 4 is 23.2 Å². The largest absolute Gasteiger partial charge is 0.455 e. The normalized spacial score (nSPS) is 10.6. The molecule has 0 aliphatic carbocycles. The molecule has 0 amide bonds. The second-order valence-corrected chi connectivity index (χ2v) is 6.06. The molecule has 0 spiro atoms. The number of aryl methyl sites for hydroxylation is 1. The molecule has 14 heteroatoms. The number of anilines is 1. The van der Waals surface area contributed by atoms with E-state index >= 15 is 0 Å². The van der Waals surface area contributed by atoms with Gasteiger partial charge in [-0.15, -0.1) is 5.10 Å². The van der Waals surface area contributed by atoms with Crippen LogP contribution in [0.5, 0.6) is 0 Å². The van der Waals surface area contributed by atoms with Crippen LogP contribution in [0.3, 0.4) is 0 Å². The summed E-state index contributed by atoms with van der Waals surface area (Å²) in [5.74, 6) is -0.144. The molecule has 30 heavy (non-hydrogen) atoms. The molecule has 1 aromatic carbocycles. The molecule has 0 aliphatic rings. The smallest absolute Gasteiger partial charge is 0.339 e. The highest BCUT2D eigenvalue weighted by molar-refractivity contribution is 5.91. The molecule has 3 aromatic rings. The quantitative estimate of drug-likeness (QED) is 0.331. The van der Waals surface area contributed by atoms with Crippen molar-refractivity contribution in [2.45, 2.75) is 20.1 Å². The van der Waals surface area contributed by atoms with Gasteiger partial charge in [-0.05, 0) is 6.92 Å². The summed E-state index contributed by atoms with van der Waals surface area (Å²) in [5.41, 5.74) is 5.22. The molecule has 0 aliphatic heterocycles. The van der Waals surface area contributed by atoms with E-state index < -0.39 is 27.2 Å². The zero-order chi connectivity index (χ0) is 21.8. The Balaban J connectivity index is 1.68. The third-order valence-corrected chi connectivity index (χ3v) is 3.85. The molecule has 0 fully saturated rings. The Morgan fingerprint density at radius 3 is 2.47 bits per heavy atom. The van der Waals surface area contributed by atoms with Crippen LogP contribution in [-0.4, -0.2) is 40.8 Å². The lowest BCUT2D eigenvalue weighted by Crippen LogP contribution is -2.07. The van der Waals surface area contributed by atoms with Crippen LogP contribution in [0.4, 0.5) is 17.2 Å². The Labute approximate surface area is 167 Å². The Morgan fingerprint density at radius 1 is 1.20 bits per heavy atom. The highest BCUT2D eigenvalue weighted by Crippen LogP contribution is 2.23. The third kappa shape index (κ3) is 4.67. The summed E-state index contributed by atoms with van der Waals surface area (Å²) >= 11 is 0. The third-order valence-electron chi connectivity index (χ3n) is 3.85. The Kier molecular flexibility index (Phi) is 5.57. The average molecular weight is 414 g/mol. The van der Waals surface area contributed by atoms with E-state index in [-0.39, 0.29) is 24.4 Å². The number of aromatic nitrogens is 5. The minimum atomic E-state index is -0.979. The molecular formula is C16H14N8O6. The van der Waals surface area contributed by atoms with Crippen molar-refractivity contribution in [1.82, 2.24) is 25.0 Å². The molecule has 154 valence electrons. The molecule has 0 bridgehead atoms. The van der Waals surface area contributed by atoms with E-state index in [1.807, 2.05) is 0 Å². The van der Waals surface area contributed by atoms with Crippen molar-refractivity contribution in [3.8, 4) is 0 Å². The molecule has 0 saturated heterocycles. The lowest BCUT2D eigenvalue weighted by molar-refractivity contribution is -0.394. The lowest BCUT2D eigenvalue weighted by Gasteiger charge is -2.04. The van der Waals surface area contributed by atoms with E-state index in [9.17, 15) is 25.0 Å². The summed E-state index contributed by atoms with van der Waals surface area (Å²) in [7, 11) is 0. The molecule has 0 unspecified atom stereocenters. The number of nitrogens with two attached hydrogens (primary N) is 1. The maximum Gasteiger partial charge on any atom is 0.339 e. The van der Waals surface area contributed by atoms with Gasteiger partial charge in [0.1, 0.15) is 23.9 Å². The summed E-state index contributed by atoms with van der Waals surface area (Å²) in [6.45, 7) is 1.65. The maximum atomic E-state index is 12.2. The molecular weight excluding hydrogens is 400 g/mol. The van der Waals surface area contributed by atoms with Crippen LogP contribution in [0.25, 0.3) is 0 Å². The first-order chi connectivity index (χ1) is 14.2.